The summed E-state index contributed by atoms with van der Waals surface area (Å²) in [5, 5.41) is 3.11. The molecule has 3 amide bonds. The Kier molecular flexibility index (Phi) is 5.12. The average molecular weight is 409 g/mol. The zero-order valence-corrected chi connectivity index (χ0v) is 16.0. The lowest BCUT2D eigenvalue weighted by Gasteiger charge is -2.22. The van der Waals surface area contributed by atoms with Crippen LogP contribution in [0.15, 0.2) is 54.6 Å². The first kappa shape index (κ1) is 19.2. The van der Waals surface area contributed by atoms with Crippen LogP contribution in [0.5, 0.6) is 5.75 Å². The van der Waals surface area contributed by atoms with Crippen molar-refractivity contribution < 1.29 is 22.2 Å². The van der Waals surface area contributed by atoms with E-state index in [1.807, 2.05) is 0 Å². The van der Waals surface area contributed by atoms with Gasteiger partial charge >= 0.3 is 16.1 Å². The number of halogens is 1. The molecule has 9 heteroatoms. The predicted octanol–water partition coefficient (Wildman–Crippen LogP) is 2.52. The van der Waals surface area contributed by atoms with Gasteiger partial charge in [-0.05, 0) is 36.8 Å². The van der Waals surface area contributed by atoms with E-state index in [9.17, 15) is 18.0 Å². The van der Waals surface area contributed by atoms with Gasteiger partial charge in [-0.25, -0.2) is 4.79 Å². The molecule has 2 aromatic rings. The van der Waals surface area contributed by atoms with Gasteiger partial charge < -0.3 is 9.50 Å². The van der Waals surface area contributed by atoms with Crippen LogP contribution >= 0.6 is 11.6 Å². The second kappa shape index (κ2) is 7.21. The first-order valence-electron chi connectivity index (χ1n) is 8.09. The minimum absolute atomic E-state index is 0.167. The van der Waals surface area contributed by atoms with E-state index in [4.69, 9.17) is 15.8 Å². The first-order valence-corrected chi connectivity index (χ1v) is 10.0. The smallest absolute Gasteiger partial charge is 0.325 e. The summed E-state index contributed by atoms with van der Waals surface area (Å²) in [6, 6.07) is 13.9. The van der Waals surface area contributed by atoms with Crippen LogP contribution in [0.3, 0.4) is 0 Å². The largest absolute Gasteiger partial charge is 0.382 e. The van der Waals surface area contributed by atoms with Crippen molar-refractivity contribution in [3.63, 3.8) is 0 Å². The molecule has 27 heavy (non-hydrogen) atoms. The molecule has 0 unspecified atom stereocenters. The van der Waals surface area contributed by atoms with Crippen LogP contribution < -0.4 is 9.50 Å². The highest BCUT2D eigenvalue weighted by atomic mass is 35.5. The number of amides is 3. The summed E-state index contributed by atoms with van der Waals surface area (Å²) in [5.74, 6) is -0.886. The van der Waals surface area contributed by atoms with Crippen molar-refractivity contribution in [1.82, 2.24) is 10.2 Å². The number of nitrogens with one attached hydrogen (secondary N) is 1. The highest BCUT2D eigenvalue weighted by Crippen LogP contribution is 2.29. The summed E-state index contributed by atoms with van der Waals surface area (Å²) in [7, 11) is -3.97. The number of hydrogen-bond donors (Lipinski definition) is 1. The minimum Gasteiger partial charge on any atom is -0.382 e. The van der Waals surface area contributed by atoms with E-state index in [1.54, 1.807) is 49.4 Å². The van der Waals surface area contributed by atoms with Crippen LogP contribution in [0, 0.1) is 0 Å². The Morgan fingerprint density at radius 3 is 2.33 bits per heavy atom. The standard InChI is InChI=1S/C18H17ClN2O5S/c1-18(13-7-9-14(19)10-8-13)16(22)21(17(23)20-18)11-12-27(24,25)26-15-5-3-2-4-6-15/h2-10H,11-12H2,1H3,(H,20,23)/t18-/m0/s1. The van der Waals surface area contributed by atoms with E-state index >= 15 is 0 Å². The number of para-hydroxylation sites is 1. The third kappa shape index (κ3) is 4.06. The fourth-order valence-electron chi connectivity index (χ4n) is 2.75. The van der Waals surface area contributed by atoms with Gasteiger partial charge in [-0.15, -0.1) is 0 Å². The van der Waals surface area contributed by atoms with Gasteiger partial charge in [0.05, 0.1) is 0 Å². The Hall–Kier alpha value is -2.58. The normalized spacial score (nSPS) is 19.9. The number of carbonyl (C=O) groups excluding carboxylic acids is 2. The van der Waals surface area contributed by atoms with Crippen molar-refractivity contribution in [1.29, 1.82) is 0 Å². The minimum atomic E-state index is -3.97. The van der Waals surface area contributed by atoms with Crippen LogP contribution in [0.4, 0.5) is 4.79 Å². The van der Waals surface area contributed by atoms with Gasteiger partial charge in [0, 0.05) is 11.6 Å². The van der Waals surface area contributed by atoms with Crippen LogP contribution in [0.25, 0.3) is 0 Å². The Morgan fingerprint density at radius 1 is 1.07 bits per heavy atom. The van der Waals surface area contributed by atoms with Crippen molar-refractivity contribution in [2.24, 2.45) is 0 Å². The van der Waals surface area contributed by atoms with E-state index in [2.05, 4.69) is 5.32 Å². The molecule has 142 valence electrons. The zero-order chi connectivity index (χ0) is 19.7. The maximum atomic E-state index is 12.8. The molecule has 0 saturated carbocycles. The topological polar surface area (TPSA) is 92.8 Å². The van der Waals surface area contributed by atoms with Gasteiger partial charge in [0.1, 0.15) is 17.0 Å². The second-order valence-corrected chi connectivity index (χ2v) is 8.30. The monoisotopic (exact) mass is 408 g/mol. The molecule has 1 fully saturated rings. The van der Waals surface area contributed by atoms with Crippen LogP contribution in [-0.4, -0.2) is 37.6 Å². The lowest BCUT2D eigenvalue weighted by molar-refractivity contribution is -0.130. The van der Waals surface area contributed by atoms with Crippen molar-refractivity contribution in [3.8, 4) is 5.75 Å². The first-order chi connectivity index (χ1) is 12.7. The zero-order valence-electron chi connectivity index (χ0n) is 14.4. The molecule has 0 spiro atoms. The number of imide groups is 1. The molecule has 1 N–H and O–H groups in total. The summed E-state index contributed by atoms with van der Waals surface area (Å²) < 4.78 is 29.2. The number of benzene rings is 2. The Balaban J connectivity index is 1.71. The van der Waals surface area contributed by atoms with Crippen molar-refractivity contribution in [2.45, 2.75) is 12.5 Å². The van der Waals surface area contributed by atoms with E-state index < -0.39 is 33.3 Å². The summed E-state index contributed by atoms with van der Waals surface area (Å²) in [5.41, 5.74) is -0.734. The average Bonchev–Trinajstić information content (AvgIpc) is 2.84. The quantitative estimate of drug-likeness (QED) is 0.585. The van der Waals surface area contributed by atoms with Gasteiger partial charge in [-0.2, -0.15) is 8.42 Å². The summed E-state index contributed by atoms with van der Waals surface area (Å²) >= 11 is 5.86. The van der Waals surface area contributed by atoms with Gasteiger partial charge in [-0.1, -0.05) is 41.9 Å². The Morgan fingerprint density at radius 2 is 1.70 bits per heavy atom. The number of carbonyl (C=O) groups is 2. The number of urea groups is 1. The van der Waals surface area contributed by atoms with Gasteiger partial charge in [-0.3, -0.25) is 9.69 Å². The summed E-state index contributed by atoms with van der Waals surface area (Å²) in [6.07, 6.45) is 0. The molecule has 0 aliphatic carbocycles. The maximum Gasteiger partial charge on any atom is 0.325 e. The molecule has 0 aromatic heterocycles. The molecule has 3 rings (SSSR count). The van der Waals surface area contributed by atoms with Crippen LogP contribution in [0.2, 0.25) is 5.02 Å². The predicted molar refractivity (Wildman–Crippen MR) is 99.9 cm³/mol. The molecule has 1 aliphatic heterocycles. The molecule has 1 aliphatic rings. The van der Waals surface area contributed by atoms with Gasteiger partial charge in [0.2, 0.25) is 0 Å². The third-order valence-electron chi connectivity index (χ3n) is 4.23. The number of nitrogens with zero attached hydrogens (tertiary/aromatic N) is 1. The SMILES string of the molecule is C[C@@]1(c2ccc(Cl)cc2)NC(=O)N(CCS(=O)(=O)Oc2ccccc2)C1=O. The fourth-order valence-corrected chi connectivity index (χ4v) is 3.77. The molecule has 1 atom stereocenters. The highest BCUT2D eigenvalue weighted by Gasteiger charge is 2.49. The van der Waals surface area contributed by atoms with Crippen LogP contribution in [-0.2, 0) is 20.5 Å². The molecule has 0 radical (unpaired) electrons. The fraction of sp³-hybridized carbons (Fsp3) is 0.222. The van der Waals surface area contributed by atoms with Crippen LogP contribution in [0.1, 0.15) is 12.5 Å². The van der Waals surface area contributed by atoms with Crippen molar-refractivity contribution in [3.05, 3.63) is 65.2 Å². The molecule has 1 heterocycles. The van der Waals surface area contributed by atoms with Crippen molar-refractivity contribution >= 4 is 33.7 Å². The maximum absolute atomic E-state index is 12.8. The lowest BCUT2D eigenvalue weighted by Crippen LogP contribution is -2.41. The Bertz CT molecular complexity index is 963. The van der Waals surface area contributed by atoms with Gasteiger partial charge in [0.15, 0.2) is 0 Å². The summed E-state index contributed by atoms with van der Waals surface area (Å²) in [6.45, 7) is 1.24. The number of hydrogen-bond acceptors (Lipinski definition) is 5. The molecular formula is C18H17ClN2O5S. The highest BCUT2D eigenvalue weighted by molar-refractivity contribution is 7.87. The van der Waals surface area contributed by atoms with E-state index in [-0.39, 0.29) is 12.3 Å². The van der Waals surface area contributed by atoms with Crippen molar-refractivity contribution in [2.75, 3.05) is 12.3 Å². The molecule has 2 aromatic carbocycles. The van der Waals surface area contributed by atoms with E-state index in [1.165, 1.54) is 12.1 Å². The molecular weight excluding hydrogens is 392 g/mol. The van der Waals surface area contributed by atoms with E-state index in [0.29, 0.717) is 10.6 Å². The van der Waals surface area contributed by atoms with E-state index in [0.717, 1.165) is 4.90 Å². The lowest BCUT2D eigenvalue weighted by atomic mass is 9.92. The Labute approximate surface area is 162 Å². The molecule has 7 nitrogen and oxygen atoms in total. The third-order valence-corrected chi connectivity index (χ3v) is 5.61. The molecule has 0 bridgehead atoms. The second-order valence-electron chi connectivity index (χ2n) is 6.18. The van der Waals surface area contributed by atoms with Gasteiger partial charge in [0.25, 0.3) is 5.91 Å². The molecule has 1 saturated heterocycles. The summed E-state index contributed by atoms with van der Waals surface area (Å²) in [4.78, 5) is 25.9. The number of rotatable bonds is 6.